The molecule has 21 heavy (non-hydrogen) atoms. The molecule has 6 heteroatoms. The zero-order valence-electron chi connectivity index (χ0n) is 11.5. The lowest BCUT2D eigenvalue weighted by molar-refractivity contribution is -0.120. The number of hydrogen-bond donors (Lipinski definition) is 3. The fourth-order valence-electron chi connectivity index (χ4n) is 2.59. The van der Waals surface area contributed by atoms with E-state index in [9.17, 15) is 14.4 Å². The van der Waals surface area contributed by atoms with E-state index in [-0.39, 0.29) is 23.0 Å². The number of amides is 1. The number of rotatable bonds is 4. The predicted octanol–water partition coefficient (Wildman–Crippen LogP) is 2.60. The van der Waals surface area contributed by atoms with Gasteiger partial charge in [0.1, 0.15) is 0 Å². The van der Waals surface area contributed by atoms with Crippen LogP contribution in [0.25, 0.3) is 0 Å². The molecule has 1 aromatic rings. The Morgan fingerprint density at radius 3 is 2.14 bits per heavy atom. The quantitative estimate of drug-likeness (QED) is 0.791. The first kappa shape index (κ1) is 15.0. The summed E-state index contributed by atoms with van der Waals surface area (Å²) >= 11 is 0. The monoisotopic (exact) mass is 291 g/mol. The van der Waals surface area contributed by atoms with Crippen molar-refractivity contribution in [3.63, 3.8) is 0 Å². The highest BCUT2D eigenvalue weighted by atomic mass is 16.4. The number of aromatic carboxylic acids is 2. The van der Waals surface area contributed by atoms with Crippen molar-refractivity contribution in [3.05, 3.63) is 29.3 Å². The molecule has 1 aliphatic rings. The number of carboxylic acids is 2. The number of hydrogen-bond acceptors (Lipinski definition) is 3. The zero-order valence-corrected chi connectivity index (χ0v) is 11.5. The summed E-state index contributed by atoms with van der Waals surface area (Å²) in [5.41, 5.74) is -0.310. The molecule has 1 fully saturated rings. The molecule has 6 nitrogen and oxygen atoms in total. The molecule has 112 valence electrons. The van der Waals surface area contributed by atoms with Gasteiger partial charge in [-0.3, -0.25) is 4.79 Å². The molecule has 0 radical (unpaired) electrons. The van der Waals surface area contributed by atoms with Crippen molar-refractivity contribution in [2.24, 2.45) is 5.92 Å². The van der Waals surface area contributed by atoms with E-state index in [4.69, 9.17) is 10.2 Å². The second-order valence-electron chi connectivity index (χ2n) is 5.19. The van der Waals surface area contributed by atoms with Crippen LogP contribution in [-0.2, 0) is 4.79 Å². The van der Waals surface area contributed by atoms with E-state index in [1.165, 1.54) is 18.2 Å². The van der Waals surface area contributed by atoms with Gasteiger partial charge in [0.25, 0.3) is 0 Å². The second kappa shape index (κ2) is 6.39. The van der Waals surface area contributed by atoms with Crippen LogP contribution in [-0.4, -0.2) is 28.1 Å². The normalized spacial score (nSPS) is 15.4. The van der Waals surface area contributed by atoms with Crippen molar-refractivity contribution in [1.29, 1.82) is 0 Å². The van der Waals surface area contributed by atoms with Crippen LogP contribution in [0, 0.1) is 5.92 Å². The molecule has 2 rings (SSSR count). The number of benzene rings is 1. The molecular weight excluding hydrogens is 274 g/mol. The maximum atomic E-state index is 12.1. The number of carbonyl (C=O) groups is 3. The molecule has 0 unspecified atom stereocenters. The maximum absolute atomic E-state index is 12.1. The highest BCUT2D eigenvalue weighted by Crippen LogP contribution is 2.25. The minimum atomic E-state index is -1.33. The highest BCUT2D eigenvalue weighted by Gasteiger charge is 2.22. The lowest BCUT2D eigenvalue weighted by atomic mass is 9.88. The molecule has 0 atom stereocenters. The molecule has 0 heterocycles. The Morgan fingerprint density at radius 2 is 1.57 bits per heavy atom. The molecule has 0 spiro atoms. The summed E-state index contributed by atoms with van der Waals surface area (Å²) in [7, 11) is 0. The Kier molecular flexibility index (Phi) is 4.57. The van der Waals surface area contributed by atoms with Crippen molar-refractivity contribution in [1.82, 2.24) is 0 Å². The third kappa shape index (κ3) is 3.59. The van der Waals surface area contributed by atoms with Gasteiger partial charge in [-0.1, -0.05) is 19.3 Å². The van der Waals surface area contributed by atoms with Crippen molar-refractivity contribution >= 4 is 23.5 Å². The molecule has 0 bridgehead atoms. The SMILES string of the molecule is O=C(O)c1ccc(NC(=O)C2CCCCC2)cc1C(=O)O. The van der Waals surface area contributed by atoms with Crippen LogP contribution in [0.4, 0.5) is 5.69 Å². The van der Waals surface area contributed by atoms with Crippen molar-refractivity contribution in [3.8, 4) is 0 Å². The van der Waals surface area contributed by atoms with Crippen LogP contribution in [0.5, 0.6) is 0 Å². The summed E-state index contributed by atoms with van der Waals surface area (Å²) in [6, 6.07) is 3.80. The minimum absolute atomic E-state index is 0.0498. The first-order valence-electron chi connectivity index (χ1n) is 6.90. The van der Waals surface area contributed by atoms with E-state index >= 15 is 0 Å². The number of nitrogens with one attached hydrogen (secondary N) is 1. The summed E-state index contributed by atoms with van der Waals surface area (Å²) in [4.78, 5) is 34.1. The van der Waals surface area contributed by atoms with E-state index in [0.717, 1.165) is 32.1 Å². The Morgan fingerprint density at radius 1 is 0.952 bits per heavy atom. The number of carboxylic acid groups (broad SMARTS) is 2. The van der Waals surface area contributed by atoms with Gasteiger partial charge in [0.2, 0.25) is 5.91 Å². The number of carbonyl (C=O) groups excluding carboxylic acids is 1. The molecular formula is C15H17NO5. The van der Waals surface area contributed by atoms with E-state index in [0.29, 0.717) is 5.69 Å². The van der Waals surface area contributed by atoms with E-state index in [2.05, 4.69) is 5.32 Å². The zero-order chi connectivity index (χ0) is 15.4. The maximum Gasteiger partial charge on any atom is 0.336 e. The van der Waals surface area contributed by atoms with Crippen LogP contribution in [0.15, 0.2) is 18.2 Å². The van der Waals surface area contributed by atoms with Crippen LogP contribution in [0.3, 0.4) is 0 Å². The van der Waals surface area contributed by atoms with Gasteiger partial charge < -0.3 is 15.5 Å². The van der Waals surface area contributed by atoms with Gasteiger partial charge in [0, 0.05) is 11.6 Å². The summed E-state index contributed by atoms with van der Waals surface area (Å²) in [6.45, 7) is 0. The molecule has 0 aromatic heterocycles. The first-order chi connectivity index (χ1) is 9.99. The van der Waals surface area contributed by atoms with Crippen LogP contribution < -0.4 is 5.32 Å². The van der Waals surface area contributed by atoms with E-state index in [1.54, 1.807) is 0 Å². The van der Waals surface area contributed by atoms with Gasteiger partial charge in [0.05, 0.1) is 11.1 Å². The van der Waals surface area contributed by atoms with E-state index < -0.39 is 11.9 Å². The summed E-state index contributed by atoms with van der Waals surface area (Å²) in [6.07, 6.45) is 4.86. The largest absolute Gasteiger partial charge is 0.478 e. The Labute approximate surface area is 121 Å². The Balaban J connectivity index is 2.16. The second-order valence-corrected chi connectivity index (χ2v) is 5.19. The number of anilines is 1. The van der Waals surface area contributed by atoms with Gasteiger partial charge in [-0.25, -0.2) is 9.59 Å². The van der Waals surface area contributed by atoms with Gasteiger partial charge in [-0.2, -0.15) is 0 Å². The van der Waals surface area contributed by atoms with Gasteiger partial charge in [0.15, 0.2) is 0 Å². The lowest BCUT2D eigenvalue weighted by Crippen LogP contribution is -2.25. The van der Waals surface area contributed by atoms with Crippen molar-refractivity contribution in [2.45, 2.75) is 32.1 Å². The summed E-state index contributed by atoms with van der Waals surface area (Å²) < 4.78 is 0. The summed E-state index contributed by atoms with van der Waals surface area (Å²) in [5, 5.41) is 20.7. The average Bonchev–Trinajstić information content (AvgIpc) is 2.47. The van der Waals surface area contributed by atoms with E-state index in [1.807, 2.05) is 0 Å². The molecule has 3 N–H and O–H groups in total. The molecule has 1 aliphatic carbocycles. The van der Waals surface area contributed by atoms with Gasteiger partial charge >= 0.3 is 11.9 Å². The third-order valence-electron chi connectivity index (χ3n) is 3.72. The summed E-state index contributed by atoms with van der Waals surface area (Å²) in [5.74, 6) is -2.82. The van der Waals surface area contributed by atoms with Gasteiger partial charge in [-0.15, -0.1) is 0 Å². The van der Waals surface area contributed by atoms with Crippen molar-refractivity contribution in [2.75, 3.05) is 5.32 Å². The Bertz CT molecular complexity index is 575. The van der Waals surface area contributed by atoms with Crippen LogP contribution in [0.2, 0.25) is 0 Å². The van der Waals surface area contributed by atoms with Crippen molar-refractivity contribution < 1.29 is 24.6 Å². The topological polar surface area (TPSA) is 104 Å². The van der Waals surface area contributed by atoms with Crippen LogP contribution in [0.1, 0.15) is 52.8 Å². The highest BCUT2D eigenvalue weighted by molar-refractivity contribution is 6.03. The fraction of sp³-hybridized carbons (Fsp3) is 0.400. The minimum Gasteiger partial charge on any atom is -0.478 e. The Hall–Kier alpha value is -2.37. The van der Waals surface area contributed by atoms with Crippen LogP contribution >= 0.6 is 0 Å². The molecule has 0 saturated heterocycles. The molecule has 1 amide bonds. The smallest absolute Gasteiger partial charge is 0.336 e. The average molecular weight is 291 g/mol. The lowest BCUT2D eigenvalue weighted by Gasteiger charge is -2.20. The first-order valence-corrected chi connectivity index (χ1v) is 6.90. The molecule has 0 aliphatic heterocycles. The van der Waals surface area contributed by atoms with Gasteiger partial charge in [-0.05, 0) is 31.0 Å². The third-order valence-corrected chi connectivity index (χ3v) is 3.72. The standard InChI is InChI=1S/C15H17NO5/c17-13(9-4-2-1-3-5-9)16-10-6-7-11(14(18)19)12(8-10)15(20)21/h6-9H,1-5H2,(H,16,17)(H,18,19)(H,20,21). The predicted molar refractivity (Wildman–Crippen MR) is 75.6 cm³/mol. The fourth-order valence-corrected chi connectivity index (χ4v) is 2.59. The molecule has 1 aromatic carbocycles. The molecule has 1 saturated carbocycles.